The van der Waals surface area contributed by atoms with Crippen molar-refractivity contribution in [3.63, 3.8) is 0 Å². The second-order valence-electron chi connectivity index (χ2n) is 6.20. The lowest BCUT2D eigenvalue weighted by Gasteiger charge is -2.47. The SMILES string of the molecule is Oc1ccc(CN2CCC3(O)CCCCC3C2)cc1. The summed E-state index contributed by atoms with van der Waals surface area (Å²) in [7, 11) is 0. The van der Waals surface area contributed by atoms with Crippen LogP contribution in [0.25, 0.3) is 0 Å². The molecule has 3 heteroatoms. The largest absolute Gasteiger partial charge is 0.508 e. The molecule has 1 aromatic rings. The van der Waals surface area contributed by atoms with E-state index in [9.17, 15) is 10.2 Å². The average molecular weight is 261 g/mol. The fourth-order valence-electron chi connectivity index (χ4n) is 3.64. The molecule has 3 rings (SSSR count). The van der Waals surface area contributed by atoms with Crippen molar-refractivity contribution < 1.29 is 10.2 Å². The molecule has 2 unspecified atom stereocenters. The molecule has 0 spiro atoms. The van der Waals surface area contributed by atoms with Crippen LogP contribution in [0.1, 0.15) is 37.7 Å². The molecular weight excluding hydrogens is 238 g/mol. The lowest BCUT2D eigenvalue weighted by atomic mass is 9.71. The highest BCUT2D eigenvalue weighted by Gasteiger charge is 2.42. The fourth-order valence-corrected chi connectivity index (χ4v) is 3.64. The van der Waals surface area contributed by atoms with E-state index >= 15 is 0 Å². The molecule has 1 saturated carbocycles. The minimum atomic E-state index is -0.385. The third-order valence-electron chi connectivity index (χ3n) is 4.85. The average Bonchev–Trinajstić information content (AvgIpc) is 2.41. The van der Waals surface area contributed by atoms with E-state index in [0.29, 0.717) is 11.7 Å². The molecule has 0 aromatic heterocycles. The Morgan fingerprint density at radius 2 is 1.95 bits per heavy atom. The quantitative estimate of drug-likeness (QED) is 0.859. The van der Waals surface area contributed by atoms with Gasteiger partial charge in [0, 0.05) is 25.6 Å². The van der Waals surface area contributed by atoms with E-state index in [-0.39, 0.29) is 5.60 Å². The third-order valence-corrected chi connectivity index (χ3v) is 4.85. The maximum absolute atomic E-state index is 10.7. The third kappa shape index (κ3) is 2.77. The molecule has 1 aromatic carbocycles. The van der Waals surface area contributed by atoms with Gasteiger partial charge in [-0.25, -0.2) is 0 Å². The van der Waals surface area contributed by atoms with Crippen molar-refractivity contribution in [2.75, 3.05) is 13.1 Å². The molecule has 2 N–H and O–H groups in total. The van der Waals surface area contributed by atoms with Crippen LogP contribution in [-0.4, -0.2) is 33.8 Å². The molecule has 104 valence electrons. The van der Waals surface area contributed by atoms with Gasteiger partial charge in [-0.05, 0) is 37.0 Å². The molecule has 2 atom stereocenters. The summed E-state index contributed by atoms with van der Waals surface area (Å²) in [5.74, 6) is 0.774. The summed E-state index contributed by atoms with van der Waals surface area (Å²) in [4.78, 5) is 2.44. The van der Waals surface area contributed by atoms with Crippen molar-refractivity contribution in [3.05, 3.63) is 29.8 Å². The molecule has 1 aliphatic carbocycles. The predicted molar refractivity (Wildman–Crippen MR) is 74.9 cm³/mol. The summed E-state index contributed by atoms with van der Waals surface area (Å²) in [6.07, 6.45) is 5.52. The Kier molecular flexibility index (Phi) is 3.50. The normalized spacial score (nSPS) is 31.9. The zero-order valence-corrected chi connectivity index (χ0v) is 11.4. The molecule has 0 bridgehead atoms. The van der Waals surface area contributed by atoms with E-state index in [1.54, 1.807) is 12.1 Å². The number of piperidine rings is 1. The van der Waals surface area contributed by atoms with Crippen LogP contribution in [0, 0.1) is 5.92 Å². The Bertz CT molecular complexity index is 431. The van der Waals surface area contributed by atoms with Crippen LogP contribution in [0.15, 0.2) is 24.3 Å². The van der Waals surface area contributed by atoms with Gasteiger partial charge >= 0.3 is 0 Å². The van der Waals surface area contributed by atoms with Gasteiger partial charge in [0.25, 0.3) is 0 Å². The van der Waals surface area contributed by atoms with Crippen molar-refractivity contribution in [2.24, 2.45) is 5.92 Å². The lowest BCUT2D eigenvalue weighted by molar-refractivity contribution is -0.0967. The van der Waals surface area contributed by atoms with Crippen LogP contribution in [0.3, 0.4) is 0 Å². The summed E-state index contributed by atoms with van der Waals surface area (Å²) >= 11 is 0. The van der Waals surface area contributed by atoms with Crippen LogP contribution < -0.4 is 0 Å². The highest BCUT2D eigenvalue weighted by atomic mass is 16.3. The zero-order chi connectivity index (χ0) is 13.3. The minimum absolute atomic E-state index is 0.323. The van der Waals surface area contributed by atoms with Crippen LogP contribution in [0.5, 0.6) is 5.75 Å². The molecule has 2 aliphatic rings. The Morgan fingerprint density at radius 1 is 1.16 bits per heavy atom. The molecule has 2 fully saturated rings. The van der Waals surface area contributed by atoms with Gasteiger partial charge in [-0.2, -0.15) is 0 Å². The summed E-state index contributed by atoms with van der Waals surface area (Å²) in [5.41, 5.74) is 0.850. The van der Waals surface area contributed by atoms with Gasteiger partial charge in [-0.1, -0.05) is 25.0 Å². The number of aromatic hydroxyl groups is 1. The van der Waals surface area contributed by atoms with Crippen molar-refractivity contribution in [2.45, 2.75) is 44.2 Å². The lowest BCUT2D eigenvalue weighted by Crippen LogP contribution is -2.52. The van der Waals surface area contributed by atoms with E-state index in [1.165, 1.54) is 24.8 Å². The van der Waals surface area contributed by atoms with Crippen LogP contribution >= 0.6 is 0 Å². The van der Waals surface area contributed by atoms with Crippen molar-refractivity contribution in [3.8, 4) is 5.75 Å². The minimum Gasteiger partial charge on any atom is -0.508 e. The number of nitrogens with zero attached hydrogens (tertiary/aromatic N) is 1. The molecule has 0 radical (unpaired) electrons. The molecule has 0 amide bonds. The first kappa shape index (κ1) is 12.9. The van der Waals surface area contributed by atoms with Gasteiger partial charge in [-0.3, -0.25) is 4.90 Å². The number of fused-ring (bicyclic) bond motifs is 1. The summed E-state index contributed by atoms with van der Waals surface area (Å²) in [6.45, 7) is 2.91. The molecule has 3 nitrogen and oxygen atoms in total. The molecular formula is C16H23NO2. The first-order valence-corrected chi connectivity index (χ1v) is 7.38. The summed E-state index contributed by atoms with van der Waals surface area (Å²) in [5, 5.41) is 20.0. The van der Waals surface area contributed by atoms with E-state index in [1.807, 2.05) is 12.1 Å². The Balaban J connectivity index is 1.63. The van der Waals surface area contributed by atoms with Gasteiger partial charge in [0.15, 0.2) is 0 Å². The van der Waals surface area contributed by atoms with Gasteiger partial charge < -0.3 is 10.2 Å². The van der Waals surface area contributed by atoms with Gasteiger partial charge in [0.1, 0.15) is 5.75 Å². The Hall–Kier alpha value is -1.06. The van der Waals surface area contributed by atoms with E-state index in [4.69, 9.17) is 0 Å². The monoisotopic (exact) mass is 261 g/mol. The second-order valence-corrected chi connectivity index (χ2v) is 6.20. The molecule has 19 heavy (non-hydrogen) atoms. The van der Waals surface area contributed by atoms with Crippen LogP contribution in [0.2, 0.25) is 0 Å². The number of hydrogen-bond acceptors (Lipinski definition) is 3. The smallest absolute Gasteiger partial charge is 0.115 e. The van der Waals surface area contributed by atoms with Crippen molar-refractivity contribution >= 4 is 0 Å². The van der Waals surface area contributed by atoms with Crippen LogP contribution in [-0.2, 0) is 6.54 Å². The number of likely N-dealkylation sites (tertiary alicyclic amines) is 1. The number of hydrogen-bond donors (Lipinski definition) is 2. The van der Waals surface area contributed by atoms with Gasteiger partial charge in [-0.15, -0.1) is 0 Å². The number of phenols is 1. The Labute approximate surface area is 114 Å². The maximum Gasteiger partial charge on any atom is 0.115 e. The van der Waals surface area contributed by atoms with E-state index in [0.717, 1.165) is 32.5 Å². The molecule has 1 heterocycles. The topological polar surface area (TPSA) is 43.7 Å². The first-order valence-electron chi connectivity index (χ1n) is 7.38. The predicted octanol–water partition coefficient (Wildman–Crippen LogP) is 2.52. The number of benzene rings is 1. The molecule has 1 aliphatic heterocycles. The number of phenolic OH excluding ortho intramolecular Hbond substituents is 1. The zero-order valence-electron chi connectivity index (χ0n) is 11.4. The van der Waals surface area contributed by atoms with Crippen molar-refractivity contribution in [1.29, 1.82) is 0 Å². The summed E-state index contributed by atoms with van der Waals surface area (Å²) < 4.78 is 0. The van der Waals surface area contributed by atoms with Crippen molar-refractivity contribution in [1.82, 2.24) is 4.90 Å². The van der Waals surface area contributed by atoms with Gasteiger partial charge in [0.05, 0.1) is 5.60 Å². The number of aliphatic hydroxyl groups is 1. The number of rotatable bonds is 2. The standard InChI is InChI=1S/C16H23NO2/c18-15-6-4-13(5-7-15)11-17-10-9-16(19)8-2-1-3-14(16)12-17/h4-7,14,18-19H,1-3,8-12H2. The highest BCUT2D eigenvalue weighted by Crippen LogP contribution is 2.40. The second kappa shape index (κ2) is 5.14. The summed E-state index contributed by atoms with van der Waals surface area (Å²) in [6, 6.07) is 7.46. The fraction of sp³-hybridized carbons (Fsp3) is 0.625. The highest BCUT2D eigenvalue weighted by molar-refractivity contribution is 5.25. The first-order chi connectivity index (χ1) is 9.16. The Morgan fingerprint density at radius 3 is 2.74 bits per heavy atom. The van der Waals surface area contributed by atoms with E-state index in [2.05, 4.69) is 4.90 Å². The molecule has 1 saturated heterocycles. The van der Waals surface area contributed by atoms with E-state index < -0.39 is 0 Å². The maximum atomic E-state index is 10.7. The van der Waals surface area contributed by atoms with Crippen LogP contribution in [0.4, 0.5) is 0 Å². The van der Waals surface area contributed by atoms with Gasteiger partial charge in [0.2, 0.25) is 0 Å².